The maximum Gasteiger partial charge on any atom is 0.410 e. The van der Waals surface area contributed by atoms with Gasteiger partial charge in [-0.15, -0.1) is 0 Å². The summed E-state index contributed by atoms with van der Waals surface area (Å²) in [5.74, 6) is 1.72. The Labute approximate surface area is 202 Å². The van der Waals surface area contributed by atoms with Crippen molar-refractivity contribution in [3.63, 3.8) is 0 Å². The molecule has 3 aliphatic rings. The average molecular weight is 471 g/mol. The van der Waals surface area contributed by atoms with Gasteiger partial charge in [0.15, 0.2) is 0 Å². The summed E-state index contributed by atoms with van der Waals surface area (Å²) in [5, 5.41) is 0. The van der Waals surface area contributed by atoms with E-state index < -0.39 is 11.3 Å². The lowest BCUT2D eigenvalue weighted by Crippen LogP contribution is -2.58. The number of hydrogen-bond acceptors (Lipinski definition) is 8. The number of anilines is 1. The van der Waals surface area contributed by atoms with E-state index in [0.29, 0.717) is 31.6 Å². The van der Waals surface area contributed by atoms with Crippen LogP contribution in [0.1, 0.15) is 65.7 Å². The number of carbonyl (C=O) groups is 1. The number of carbonyl (C=O) groups excluding carboxylic acids is 1. The molecular formula is C25H38N6O3. The van der Waals surface area contributed by atoms with Crippen LogP contribution in [0.15, 0.2) is 34.3 Å². The van der Waals surface area contributed by atoms with Crippen molar-refractivity contribution in [2.45, 2.75) is 77.0 Å². The molecule has 9 heteroatoms. The summed E-state index contributed by atoms with van der Waals surface area (Å²) in [4.78, 5) is 25.2. The SMILES string of the molecule is CC(C)(C)OC(=O)N1CCC(COc2ccccc2N2C(N)=NC(N)=NC23CCCCC3)CC1. The van der Waals surface area contributed by atoms with Crippen molar-refractivity contribution in [1.82, 2.24) is 4.90 Å². The highest BCUT2D eigenvalue weighted by atomic mass is 16.6. The van der Waals surface area contributed by atoms with Crippen molar-refractivity contribution >= 4 is 23.7 Å². The van der Waals surface area contributed by atoms with Crippen LogP contribution in [-0.2, 0) is 4.74 Å². The number of hydrogen-bond donors (Lipinski definition) is 2. The third-order valence-corrected chi connectivity index (χ3v) is 6.70. The number of ether oxygens (including phenoxy) is 2. The Hall–Kier alpha value is -2.97. The van der Waals surface area contributed by atoms with E-state index in [4.69, 9.17) is 25.9 Å². The van der Waals surface area contributed by atoms with Crippen LogP contribution in [0, 0.1) is 5.92 Å². The maximum atomic E-state index is 12.3. The van der Waals surface area contributed by atoms with Crippen molar-refractivity contribution in [2.24, 2.45) is 27.4 Å². The first-order chi connectivity index (χ1) is 16.2. The lowest BCUT2D eigenvalue weighted by atomic mass is 9.87. The zero-order chi connectivity index (χ0) is 24.3. The smallest absolute Gasteiger partial charge is 0.410 e. The first-order valence-corrected chi connectivity index (χ1v) is 12.4. The van der Waals surface area contributed by atoms with Crippen LogP contribution in [-0.4, -0.2) is 53.9 Å². The van der Waals surface area contributed by atoms with Crippen LogP contribution < -0.4 is 21.1 Å². The van der Waals surface area contributed by atoms with E-state index in [1.807, 2.05) is 49.9 Å². The highest BCUT2D eigenvalue weighted by molar-refractivity contribution is 6.06. The van der Waals surface area contributed by atoms with Crippen LogP contribution in [0.5, 0.6) is 5.75 Å². The molecule has 34 heavy (non-hydrogen) atoms. The topological polar surface area (TPSA) is 119 Å². The standard InChI is InChI=1S/C25H38N6O3/c1-24(2,3)34-23(32)30-15-11-18(12-16-30)17-33-20-10-6-5-9-19(20)31-22(27)28-21(26)29-25(31)13-7-4-8-14-25/h5-6,9-10,18H,4,7-8,11-17H2,1-3H3,(H4,26,27,28,29). The van der Waals surface area contributed by atoms with E-state index in [2.05, 4.69) is 4.99 Å². The molecule has 1 aliphatic carbocycles. The predicted molar refractivity (Wildman–Crippen MR) is 134 cm³/mol. The number of benzene rings is 1. The molecule has 0 radical (unpaired) electrons. The van der Waals surface area contributed by atoms with Crippen molar-refractivity contribution in [2.75, 3.05) is 24.6 Å². The number of guanidine groups is 2. The highest BCUT2D eigenvalue weighted by Gasteiger charge is 2.43. The van der Waals surface area contributed by atoms with Gasteiger partial charge in [-0.3, -0.25) is 4.90 Å². The van der Waals surface area contributed by atoms with Gasteiger partial charge < -0.3 is 25.8 Å². The van der Waals surface area contributed by atoms with Crippen LogP contribution in [0.4, 0.5) is 10.5 Å². The number of piperidine rings is 1. The average Bonchev–Trinajstić information content (AvgIpc) is 2.77. The summed E-state index contributed by atoms with van der Waals surface area (Å²) in [6.07, 6.45) is 6.58. The van der Waals surface area contributed by atoms with E-state index >= 15 is 0 Å². The van der Waals surface area contributed by atoms with Gasteiger partial charge in [-0.05, 0) is 77.3 Å². The molecule has 4 N–H and O–H groups in total. The molecule has 1 amide bonds. The second-order valence-corrected chi connectivity index (χ2v) is 10.5. The van der Waals surface area contributed by atoms with E-state index in [9.17, 15) is 4.79 Å². The summed E-state index contributed by atoms with van der Waals surface area (Å²) in [6.45, 7) is 7.59. The maximum absolute atomic E-state index is 12.3. The predicted octanol–water partition coefficient (Wildman–Crippen LogP) is 3.82. The van der Waals surface area contributed by atoms with Gasteiger partial charge in [-0.1, -0.05) is 18.6 Å². The highest BCUT2D eigenvalue weighted by Crippen LogP contribution is 2.42. The largest absolute Gasteiger partial charge is 0.491 e. The third kappa shape index (κ3) is 5.39. The number of likely N-dealkylation sites (tertiary alicyclic amines) is 1. The number of para-hydroxylation sites is 2. The van der Waals surface area contributed by atoms with Crippen LogP contribution in [0.25, 0.3) is 0 Å². The van der Waals surface area contributed by atoms with Crippen LogP contribution in [0.3, 0.4) is 0 Å². The quantitative estimate of drug-likeness (QED) is 0.690. The molecule has 1 saturated carbocycles. The van der Waals surface area contributed by atoms with E-state index in [1.165, 1.54) is 6.42 Å². The van der Waals surface area contributed by atoms with Gasteiger partial charge in [-0.25, -0.2) is 9.79 Å². The lowest BCUT2D eigenvalue weighted by Gasteiger charge is -2.46. The van der Waals surface area contributed by atoms with Gasteiger partial charge in [0.2, 0.25) is 11.9 Å². The molecular weight excluding hydrogens is 432 g/mol. The fourth-order valence-electron chi connectivity index (χ4n) is 5.05. The first kappa shape index (κ1) is 24.2. The molecule has 2 heterocycles. The van der Waals surface area contributed by atoms with Gasteiger partial charge in [0.1, 0.15) is 17.0 Å². The summed E-state index contributed by atoms with van der Waals surface area (Å²) in [6, 6.07) is 7.92. The Morgan fingerprint density at radius 2 is 1.79 bits per heavy atom. The molecule has 9 nitrogen and oxygen atoms in total. The van der Waals surface area contributed by atoms with Crippen LogP contribution >= 0.6 is 0 Å². The summed E-state index contributed by atoms with van der Waals surface area (Å²) >= 11 is 0. The molecule has 0 atom stereocenters. The minimum absolute atomic E-state index is 0.241. The Morgan fingerprint density at radius 1 is 1.12 bits per heavy atom. The van der Waals surface area contributed by atoms with Crippen molar-refractivity contribution in [3.05, 3.63) is 24.3 Å². The number of aliphatic imine (C=N–C) groups is 2. The molecule has 2 aliphatic heterocycles. The number of amides is 1. The Kier molecular flexibility index (Phi) is 6.91. The molecule has 1 saturated heterocycles. The lowest BCUT2D eigenvalue weighted by molar-refractivity contribution is 0.0165. The molecule has 1 aromatic rings. The molecule has 0 aromatic heterocycles. The number of nitrogens with two attached hydrogens (primary N) is 2. The third-order valence-electron chi connectivity index (χ3n) is 6.70. The van der Waals surface area contributed by atoms with Crippen molar-refractivity contribution in [1.29, 1.82) is 0 Å². The molecule has 0 unspecified atom stereocenters. The fraction of sp³-hybridized carbons (Fsp3) is 0.640. The zero-order valence-corrected chi connectivity index (χ0v) is 20.6. The van der Waals surface area contributed by atoms with E-state index in [1.54, 1.807) is 4.90 Å². The molecule has 2 fully saturated rings. The summed E-state index contributed by atoms with van der Waals surface area (Å²) in [7, 11) is 0. The monoisotopic (exact) mass is 470 g/mol. The van der Waals surface area contributed by atoms with Gasteiger partial charge in [0.05, 0.1) is 12.3 Å². The number of nitrogens with zero attached hydrogens (tertiary/aromatic N) is 4. The minimum atomic E-state index is -0.508. The molecule has 1 aromatic carbocycles. The Morgan fingerprint density at radius 3 is 2.47 bits per heavy atom. The zero-order valence-electron chi connectivity index (χ0n) is 20.6. The van der Waals surface area contributed by atoms with Gasteiger partial charge in [0.25, 0.3) is 0 Å². The van der Waals surface area contributed by atoms with Crippen molar-refractivity contribution in [3.8, 4) is 5.75 Å². The van der Waals surface area contributed by atoms with Gasteiger partial charge in [-0.2, -0.15) is 4.99 Å². The van der Waals surface area contributed by atoms with Gasteiger partial charge >= 0.3 is 6.09 Å². The normalized spacial score (nSPS) is 21.1. The van der Waals surface area contributed by atoms with Crippen molar-refractivity contribution < 1.29 is 14.3 Å². The van der Waals surface area contributed by atoms with E-state index in [-0.39, 0.29) is 12.1 Å². The van der Waals surface area contributed by atoms with Crippen LogP contribution in [0.2, 0.25) is 0 Å². The minimum Gasteiger partial charge on any atom is -0.491 e. The first-order valence-electron chi connectivity index (χ1n) is 12.4. The second-order valence-electron chi connectivity index (χ2n) is 10.5. The molecule has 1 spiro atoms. The molecule has 4 rings (SSSR count). The number of rotatable bonds is 4. The Balaban J connectivity index is 1.43. The molecule has 186 valence electrons. The second kappa shape index (κ2) is 9.72. The van der Waals surface area contributed by atoms with Gasteiger partial charge in [0, 0.05) is 13.1 Å². The van der Waals surface area contributed by atoms with E-state index in [0.717, 1.165) is 50.0 Å². The fourth-order valence-corrected chi connectivity index (χ4v) is 5.05. The summed E-state index contributed by atoms with van der Waals surface area (Å²) in [5.41, 5.74) is 12.3. The summed E-state index contributed by atoms with van der Waals surface area (Å²) < 4.78 is 11.9. The Bertz CT molecular complexity index is 940. The molecule has 0 bridgehead atoms.